The van der Waals surface area contributed by atoms with E-state index >= 15 is 0 Å². The van der Waals surface area contributed by atoms with Crippen molar-refractivity contribution >= 4 is 46.7 Å². The molecule has 2 aromatic rings. The van der Waals surface area contributed by atoms with Crippen LogP contribution in [0.25, 0.3) is 6.08 Å². The van der Waals surface area contributed by atoms with Gasteiger partial charge in [-0.05, 0) is 29.5 Å². The van der Waals surface area contributed by atoms with E-state index in [2.05, 4.69) is 15.3 Å². The van der Waals surface area contributed by atoms with E-state index in [0.717, 1.165) is 27.4 Å². The molecule has 1 aliphatic rings. The molecule has 10 heteroatoms. The number of imide groups is 1. The standard InChI is InChI=1S/C17H17N5O3S2/c1-21-7-5-20-16(21)26-11-14(23)19-6-8-22-15(24)13(27-17(22)25)9-12-3-2-4-18-10-12/h2-5,7,9-10H,6,8,11H2,1H3,(H,19,23)/b13-9+. The summed E-state index contributed by atoms with van der Waals surface area (Å²) in [6.45, 7) is 0.339. The van der Waals surface area contributed by atoms with Crippen LogP contribution in [0, 0.1) is 0 Å². The van der Waals surface area contributed by atoms with Gasteiger partial charge in [0, 0.05) is 44.9 Å². The van der Waals surface area contributed by atoms with Crippen molar-refractivity contribution in [1.82, 2.24) is 24.8 Å². The van der Waals surface area contributed by atoms with Crippen molar-refractivity contribution in [3.8, 4) is 0 Å². The first-order valence-electron chi connectivity index (χ1n) is 8.07. The molecule has 3 amide bonds. The molecule has 27 heavy (non-hydrogen) atoms. The molecule has 140 valence electrons. The molecular weight excluding hydrogens is 386 g/mol. The average molecular weight is 403 g/mol. The van der Waals surface area contributed by atoms with Crippen molar-refractivity contribution in [1.29, 1.82) is 0 Å². The number of nitrogens with zero attached hydrogens (tertiary/aromatic N) is 4. The van der Waals surface area contributed by atoms with Crippen LogP contribution >= 0.6 is 23.5 Å². The minimum atomic E-state index is -0.356. The molecule has 3 heterocycles. The fourth-order valence-electron chi connectivity index (χ4n) is 2.28. The molecule has 0 atom stereocenters. The Hall–Kier alpha value is -2.59. The lowest BCUT2D eigenvalue weighted by atomic mass is 10.2. The van der Waals surface area contributed by atoms with Gasteiger partial charge < -0.3 is 9.88 Å². The molecule has 0 aromatic carbocycles. The molecule has 2 aromatic heterocycles. The van der Waals surface area contributed by atoms with Crippen LogP contribution in [-0.2, 0) is 16.6 Å². The van der Waals surface area contributed by atoms with Gasteiger partial charge in [0.2, 0.25) is 5.91 Å². The third-order valence-corrected chi connectivity index (χ3v) is 5.59. The van der Waals surface area contributed by atoms with Gasteiger partial charge in [0.05, 0.1) is 10.7 Å². The summed E-state index contributed by atoms with van der Waals surface area (Å²) in [5.41, 5.74) is 0.752. The summed E-state index contributed by atoms with van der Waals surface area (Å²) >= 11 is 2.21. The maximum atomic E-state index is 12.4. The SMILES string of the molecule is Cn1ccnc1SCC(=O)NCCN1C(=O)S/C(=C/c2cccnc2)C1=O. The molecule has 0 spiro atoms. The smallest absolute Gasteiger partial charge is 0.293 e. The number of hydrogen-bond donors (Lipinski definition) is 1. The predicted molar refractivity (Wildman–Crippen MR) is 104 cm³/mol. The summed E-state index contributed by atoms with van der Waals surface area (Å²) < 4.78 is 1.83. The third kappa shape index (κ3) is 4.98. The molecule has 0 unspecified atom stereocenters. The van der Waals surface area contributed by atoms with E-state index in [1.807, 2.05) is 11.6 Å². The van der Waals surface area contributed by atoms with E-state index < -0.39 is 0 Å². The number of nitrogens with one attached hydrogen (secondary N) is 1. The van der Waals surface area contributed by atoms with Gasteiger partial charge >= 0.3 is 0 Å². The Morgan fingerprint density at radius 1 is 1.37 bits per heavy atom. The molecule has 0 aliphatic carbocycles. The molecule has 8 nitrogen and oxygen atoms in total. The summed E-state index contributed by atoms with van der Waals surface area (Å²) in [4.78, 5) is 46.0. The first kappa shape index (κ1) is 19.2. The fraction of sp³-hybridized carbons (Fsp3) is 0.235. The van der Waals surface area contributed by atoms with E-state index in [1.54, 1.807) is 43.0 Å². The number of aromatic nitrogens is 3. The van der Waals surface area contributed by atoms with Crippen LogP contribution in [-0.4, -0.2) is 55.3 Å². The lowest BCUT2D eigenvalue weighted by Gasteiger charge is -2.12. The Kier molecular flexibility index (Phi) is 6.30. The van der Waals surface area contributed by atoms with Gasteiger partial charge in [-0.2, -0.15) is 0 Å². The second-order valence-corrected chi connectivity index (χ2v) is 7.51. The molecule has 1 N–H and O–H groups in total. The number of hydrogen-bond acceptors (Lipinski definition) is 7. The first-order valence-corrected chi connectivity index (χ1v) is 9.87. The zero-order valence-corrected chi connectivity index (χ0v) is 16.1. The topological polar surface area (TPSA) is 97.2 Å². The Morgan fingerprint density at radius 3 is 2.93 bits per heavy atom. The first-order chi connectivity index (χ1) is 13.0. The van der Waals surface area contributed by atoms with Crippen LogP contribution in [0.1, 0.15) is 5.56 Å². The van der Waals surface area contributed by atoms with E-state index in [-0.39, 0.29) is 35.9 Å². The van der Waals surface area contributed by atoms with Crippen molar-refractivity contribution in [2.24, 2.45) is 7.05 Å². The zero-order chi connectivity index (χ0) is 19.2. The fourth-order valence-corrected chi connectivity index (χ4v) is 3.91. The van der Waals surface area contributed by atoms with Gasteiger partial charge in [-0.15, -0.1) is 0 Å². The van der Waals surface area contributed by atoms with Crippen molar-refractivity contribution in [3.05, 3.63) is 47.4 Å². The minimum absolute atomic E-state index is 0.133. The molecule has 1 saturated heterocycles. The summed E-state index contributed by atoms with van der Waals surface area (Å²) in [6.07, 6.45) is 8.36. The summed E-state index contributed by atoms with van der Waals surface area (Å²) in [7, 11) is 1.85. The van der Waals surface area contributed by atoms with Gasteiger partial charge in [-0.25, -0.2) is 4.98 Å². The highest BCUT2D eigenvalue weighted by Crippen LogP contribution is 2.31. The molecule has 0 bridgehead atoms. The van der Waals surface area contributed by atoms with Gasteiger partial charge in [0.25, 0.3) is 11.1 Å². The number of carbonyl (C=O) groups excluding carboxylic acids is 3. The Bertz CT molecular complexity index is 882. The number of pyridine rings is 1. The van der Waals surface area contributed by atoms with Gasteiger partial charge in [-0.3, -0.25) is 24.3 Å². The summed E-state index contributed by atoms with van der Waals surface area (Å²) in [5.74, 6) is -0.320. The Labute approximate surface area is 164 Å². The summed E-state index contributed by atoms with van der Waals surface area (Å²) in [6, 6.07) is 3.56. The van der Waals surface area contributed by atoms with Gasteiger partial charge in [-0.1, -0.05) is 17.8 Å². The molecule has 3 rings (SSSR count). The highest BCUT2D eigenvalue weighted by Gasteiger charge is 2.34. The molecule has 0 saturated carbocycles. The maximum absolute atomic E-state index is 12.4. The van der Waals surface area contributed by atoms with Crippen molar-refractivity contribution in [3.63, 3.8) is 0 Å². The average Bonchev–Trinajstić information content (AvgIpc) is 3.18. The molecule has 1 aliphatic heterocycles. The van der Waals surface area contributed by atoms with E-state index in [4.69, 9.17) is 0 Å². The Morgan fingerprint density at radius 2 is 2.22 bits per heavy atom. The van der Waals surface area contributed by atoms with Gasteiger partial charge in [0.1, 0.15) is 0 Å². The number of aryl methyl sites for hydroxylation is 1. The number of amides is 3. The monoisotopic (exact) mass is 403 g/mol. The highest BCUT2D eigenvalue weighted by molar-refractivity contribution is 8.18. The number of carbonyl (C=O) groups is 3. The zero-order valence-electron chi connectivity index (χ0n) is 14.5. The largest absolute Gasteiger partial charge is 0.354 e. The molecule has 0 radical (unpaired) electrons. The molecule has 1 fully saturated rings. The lowest BCUT2D eigenvalue weighted by Crippen LogP contribution is -2.37. The van der Waals surface area contributed by atoms with Gasteiger partial charge in [0.15, 0.2) is 5.16 Å². The van der Waals surface area contributed by atoms with E-state index in [0.29, 0.717) is 4.91 Å². The maximum Gasteiger partial charge on any atom is 0.293 e. The quantitative estimate of drug-likeness (QED) is 0.556. The van der Waals surface area contributed by atoms with Crippen LogP contribution in [0.4, 0.5) is 4.79 Å². The van der Waals surface area contributed by atoms with Crippen LogP contribution in [0.5, 0.6) is 0 Å². The van der Waals surface area contributed by atoms with E-state index in [1.165, 1.54) is 11.8 Å². The normalized spacial score (nSPS) is 15.6. The van der Waals surface area contributed by atoms with Crippen molar-refractivity contribution in [2.45, 2.75) is 5.16 Å². The predicted octanol–water partition coefficient (Wildman–Crippen LogP) is 1.76. The van der Waals surface area contributed by atoms with Crippen molar-refractivity contribution in [2.75, 3.05) is 18.8 Å². The second kappa shape index (κ2) is 8.87. The van der Waals surface area contributed by atoms with Crippen LogP contribution in [0.3, 0.4) is 0 Å². The molecular formula is C17H17N5O3S2. The van der Waals surface area contributed by atoms with Crippen LogP contribution < -0.4 is 5.32 Å². The second-order valence-electron chi connectivity index (χ2n) is 5.58. The van der Waals surface area contributed by atoms with Crippen LogP contribution in [0.2, 0.25) is 0 Å². The minimum Gasteiger partial charge on any atom is -0.354 e. The summed E-state index contributed by atoms with van der Waals surface area (Å²) in [5, 5.41) is 3.12. The third-order valence-electron chi connectivity index (χ3n) is 3.62. The van der Waals surface area contributed by atoms with Crippen LogP contribution in [0.15, 0.2) is 47.0 Å². The number of imidazole rings is 1. The lowest BCUT2D eigenvalue weighted by molar-refractivity contribution is -0.123. The van der Waals surface area contributed by atoms with E-state index in [9.17, 15) is 14.4 Å². The number of rotatable bonds is 7. The Balaban J connectivity index is 1.47. The number of thioether (sulfide) groups is 2. The highest BCUT2D eigenvalue weighted by atomic mass is 32.2. The van der Waals surface area contributed by atoms with Crippen molar-refractivity contribution < 1.29 is 14.4 Å².